The molecule has 11 aromatic carbocycles. The fourth-order valence-electron chi connectivity index (χ4n) is 10.5. The molecule has 0 saturated carbocycles. The molecule has 2 heterocycles. The standard InChI is InChI=1S/C63H42N2O2Si/c1-5-17-43(18-6-1)44-32-37-52(38-33-44)68(50-21-9-3-10-22-50,51-23-11-4-12-24-51)60-28-16-14-26-57(60)65(49-36-39-54-53-25-13-15-27-58(53)66-59(54)42-49)48-35-31-45-29-30-46-34-40-56-62(61(46)55(45)41-48)67-63(64-56)47-19-7-2-8-20-47/h1-42H. The number of para-hydroxylation sites is 2. The van der Waals surface area contributed by atoms with Crippen LogP contribution in [-0.2, 0) is 0 Å². The van der Waals surface area contributed by atoms with Gasteiger partial charge in [0.25, 0.3) is 0 Å². The van der Waals surface area contributed by atoms with E-state index >= 15 is 0 Å². The van der Waals surface area contributed by atoms with Gasteiger partial charge in [0.1, 0.15) is 16.7 Å². The van der Waals surface area contributed by atoms with Crippen LogP contribution in [0, 0.1) is 0 Å². The first-order valence-corrected chi connectivity index (χ1v) is 25.1. The number of fused-ring (bicyclic) bond motifs is 8. The Morgan fingerprint density at radius 2 is 0.912 bits per heavy atom. The molecule has 320 valence electrons. The largest absolute Gasteiger partial charge is 0.456 e. The number of rotatable bonds is 9. The van der Waals surface area contributed by atoms with Gasteiger partial charge in [0.2, 0.25) is 5.89 Å². The normalized spacial score (nSPS) is 11.8. The van der Waals surface area contributed by atoms with Crippen LogP contribution in [0.5, 0.6) is 0 Å². The van der Waals surface area contributed by atoms with Crippen LogP contribution in [0.15, 0.2) is 264 Å². The summed E-state index contributed by atoms with van der Waals surface area (Å²) in [4.78, 5) is 7.45. The first-order valence-electron chi connectivity index (χ1n) is 23.1. The molecule has 0 aliphatic carbocycles. The van der Waals surface area contributed by atoms with Crippen LogP contribution in [0.4, 0.5) is 17.1 Å². The fraction of sp³-hybridized carbons (Fsp3) is 0. The average Bonchev–Trinajstić information content (AvgIpc) is 4.03. The maximum absolute atomic E-state index is 6.74. The lowest BCUT2D eigenvalue weighted by Gasteiger charge is -2.38. The highest BCUT2D eigenvalue weighted by Crippen LogP contribution is 2.42. The summed E-state index contributed by atoms with van der Waals surface area (Å²) >= 11 is 0. The molecule has 0 atom stereocenters. The summed E-state index contributed by atoms with van der Waals surface area (Å²) in [5, 5.41) is 11.7. The van der Waals surface area contributed by atoms with E-state index in [1.165, 1.54) is 31.9 Å². The van der Waals surface area contributed by atoms with E-state index in [1.54, 1.807) is 0 Å². The van der Waals surface area contributed by atoms with Gasteiger partial charge in [-0.05, 0) is 103 Å². The van der Waals surface area contributed by atoms with Crippen molar-refractivity contribution in [3.8, 4) is 22.6 Å². The molecule has 68 heavy (non-hydrogen) atoms. The van der Waals surface area contributed by atoms with Crippen molar-refractivity contribution < 1.29 is 8.83 Å². The van der Waals surface area contributed by atoms with Crippen LogP contribution in [0.25, 0.3) is 77.2 Å². The van der Waals surface area contributed by atoms with Crippen molar-refractivity contribution >= 4 is 100 Å². The number of oxazole rings is 1. The van der Waals surface area contributed by atoms with E-state index < -0.39 is 8.07 Å². The summed E-state index contributed by atoms with van der Waals surface area (Å²) in [6, 6.07) is 92.0. The molecule has 0 bridgehead atoms. The first kappa shape index (κ1) is 39.6. The number of anilines is 3. The second-order valence-electron chi connectivity index (χ2n) is 17.4. The summed E-state index contributed by atoms with van der Waals surface area (Å²) in [5.74, 6) is 0.607. The molecule has 0 radical (unpaired) electrons. The second kappa shape index (κ2) is 16.3. The van der Waals surface area contributed by atoms with Crippen LogP contribution in [-0.4, -0.2) is 13.1 Å². The second-order valence-corrected chi connectivity index (χ2v) is 21.2. The van der Waals surface area contributed by atoms with Gasteiger partial charge >= 0.3 is 0 Å². The molecule has 2 aromatic heterocycles. The zero-order chi connectivity index (χ0) is 45.0. The quantitative estimate of drug-likeness (QED) is 0.0823. The minimum absolute atomic E-state index is 0.607. The third kappa shape index (κ3) is 6.47. The highest BCUT2D eigenvalue weighted by Gasteiger charge is 2.44. The first-order chi connectivity index (χ1) is 33.7. The number of hydrogen-bond donors (Lipinski definition) is 0. The Balaban J connectivity index is 1.10. The maximum Gasteiger partial charge on any atom is 0.227 e. The molecule has 0 saturated heterocycles. The molecule has 0 aliphatic heterocycles. The molecular formula is C63H42N2O2Si. The molecule has 0 aliphatic rings. The molecule has 4 nitrogen and oxygen atoms in total. The zero-order valence-electron chi connectivity index (χ0n) is 37.0. The van der Waals surface area contributed by atoms with Crippen molar-refractivity contribution in [2.45, 2.75) is 0 Å². The number of aromatic nitrogens is 1. The minimum Gasteiger partial charge on any atom is -0.456 e. The highest BCUT2D eigenvalue weighted by molar-refractivity contribution is 7.20. The van der Waals surface area contributed by atoms with Gasteiger partial charge in [-0.2, -0.15) is 0 Å². The van der Waals surface area contributed by atoms with Gasteiger partial charge in [-0.15, -0.1) is 0 Å². The molecule has 0 fully saturated rings. The minimum atomic E-state index is -3.13. The highest BCUT2D eigenvalue weighted by atomic mass is 28.3. The van der Waals surface area contributed by atoms with E-state index in [4.69, 9.17) is 13.8 Å². The average molecular weight is 887 g/mol. The summed E-state index contributed by atoms with van der Waals surface area (Å²) in [7, 11) is -3.13. The van der Waals surface area contributed by atoms with Gasteiger partial charge in [0.15, 0.2) is 13.7 Å². The summed E-state index contributed by atoms with van der Waals surface area (Å²) in [6.45, 7) is 0. The molecule has 5 heteroatoms. The SMILES string of the molecule is c1ccc(-c2ccc([Si](c3ccccc3)(c3ccccc3)c3ccccc3N(c3ccc4c(c3)oc3ccccc34)c3ccc4ccc5ccc6nc(-c7ccccc7)oc6c5c4c3)cc2)cc1. The van der Waals surface area contributed by atoms with Crippen molar-refractivity contribution in [1.82, 2.24) is 4.98 Å². The Morgan fingerprint density at radius 1 is 0.368 bits per heavy atom. The molecule has 13 aromatic rings. The van der Waals surface area contributed by atoms with Crippen molar-refractivity contribution in [2.24, 2.45) is 0 Å². The smallest absolute Gasteiger partial charge is 0.227 e. The van der Waals surface area contributed by atoms with E-state index in [0.717, 1.165) is 77.2 Å². The third-order valence-corrected chi connectivity index (χ3v) is 18.5. The van der Waals surface area contributed by atoms with Crippen molar-refractivity contribution in [3.63, 3.8) is 0 Å². The lowest BCUT2D eigenvalue weighted by molar-refractivity contribution is 0.623. The summed E-state index contributed by atoms with van der Waals surface area (Å²) in [6.07, 6.45) is 0. The van der Waals surface area contributed by atoms with Crippen molar-refractivity contribution in [1.29, 1.82) is 0 Å². The van der Waals surface area contributed by atoms with Gasteiger partial charge in [0, 0.05) is 44.9 Å². The third-order valence-electron chi connectivity index (χ3n) is 13.6. The Hall–Kier alpha value is -8.77. The van der Waals surface area contributed by atoms with E-state index in [9.17, 15) is 0 Å². The summed E-state index contributed by atoms with van der Waals surface area (Å²) in [5.41, 5.74) is 9.72. The van der Waals surface area contributed by atoms with Gasteiger partial charge in [-0.3, -0.25) is 0 Å². The Labute approximate surface area is 394 Å². The van der Waals surface area contributed by atoms with Gasteiger partial charge in [0.05, 0.1) is 0 Å². The van der Waals surface area contributed by atoms with Gasteiger partial charge in [-0.1, -0.05) is 194 Å². The molecule has 0 amide bonds. The van der Waals surface area contributed by atoms with E-state index in [-0.39, 0.29) is 0 Å². The van der Waals surface area contributed by atoms with Crippen molar-refractivity contribution in [2.75, 3.05) is 4.90 Å². The van der Waals surface area contributed by atoms with Crippen LogP contribution < -0.4 is 25.6 Å². The van der Waals surface area contributed by atoms with Crippen LogP contribution in [0.1, 0.15) is 0 Å². The topological polar surface area (TPSA) is 42.4 Å². The van der Waals surface area contributed by atoms with E-state index in [2.05, 4.69) is 217 Å². The molecule has 0 N–H and O–H groups in total. The molecule has 13 rings (SSSR count). The maximum atomic E-state index is 6.74. The number of benzene rings is 11. The number of nitrogens with zero attached hydrogens (tertiary/aromatic N) is 2. The van der Waals surface area contributed by atoms with E-state index in [0.29, 0.717) is 5.89 Å². The fourth-order valence-corrected chi connectivity index (χ4v) is 15.4. The molecule has 0 spiro atoms. The van der Waals surface area contributed by atoms with Crippen LogP contribution >= 0.6 is 0 Å². The molecular weight excluding hydrogens is 845 g/mol. The van der Waals surface area contributed by atoms with Crippen LogP contribution in [0.2, 0.25) is 0 Å². The predicted molar refractivity (Wildman–Crippen MR) is 285 cm³/mol. The van der Waals surface area contributed by atoms with Gasteiger partial charge in [-0.25, -0.2) is 4.98 Å². The molecule has 0 unspecified atom stereocenters. The van der Waals surface area contributed by atoms with Crippen molar-refractivity contribution in [3.05, 3.63) is 255 Å². The monoisotopic (exact) mass is 886 g/mol. The Morgan fingerprint density at radius 3 is 1.66 bits per heavy atom. The number of hydrogen-bond acceptors (Lipinski definition) is 4. The summed E-state index contributed by atoms with van der Waals surface area (Å²) < 4.78 is 13.4. The predicted octanol–water partition coefficient (Wildman–Crippen LogP) is 14.2. The zero-order valence-corrected chi connectivity index (χ0v) is 38.0. The van der Waals surface area contributed by atoms with Gasteiger partial charge < -0.3 is 13.7 Å². The lowest BCUT2D eigenvalue weighted by Crippen LogP contribution is -2.75. The lowest BCUT2D eigenvalue weighted by atomic mass is 10.00. The van der Waals surface area contributed by atoms with E-state index in [1.807, 2.05) is 42.5 Å². The number of furan rings is 1. The Bertz CT molecular complexity index is 3920. The Kier molecular flexibility index (Phi) is 9.48. The van der Waals surface area contributed by atoms with Crippen LogP contribution in [0.3, 0.4) is 0 Å².